The van der Waals surface area contributed by atoms with Crippen molar-refractivity contribution >= 4 is 16.0 Å². The Kier molecular flexibility index (Phi) is 4.81. The minimum Gasteiger partial charge on any atom is -0.348 e. The lowest BCUT2D eigenvalue weighted by Gasteiger charge is -2.13. The van der Waals surface area contributed by atoms with Crippen LogP contribution in [0.15, 0.2) is 11.1 Å². The predicted octanol–water partition coefficient (Wildman–Crippen LogP) is 0.798. The van der Waals surface area contributed by atoms with Crippen molar-refractivity contribution in [3.05, 3.63) is 23.3 Å². The van der Waals surface area contributed by atoms with Gasteiger partial charge in [-0.2, -0.15) is 5.10 Å². The van der Waals surface area contributed by atoms with Crippen LogP contribution in [-0.2, 0) is 30.2 Å². The van der Waals surface area contributed by atoms with Crippen LogP contribution in [0.5, 0.6) is 0 Å². The largest absolute Gasteiger partial charge is 0.348 e. The van der Waals surface area contributed by atoms with Gasteiger partial charge in [0.25, 0.3) is 0 Å². The molecule has 0 amide bonds. The summed E-state index contributed by atoms with van der Waals surface area (Å²) < 4.78 is 31.4. The molecule has 0 fully saturated rings. The third-order valence-electron chi connectivity index (χ3n) is 3.79. The highest BCUT2D eigenvalue weighted by Crippen LogP contribution is 2.20. The second kappa shape index (κ2) is 6.32. The summed E-state index contributed by atoms with van der Waals surface area (Å²) in [4.78, 5) is 6.41. The highest BCUT2D eigenvalue weighted by atomic mass is 32.2. The van der Waals surface area contributed by atoms with Crippen LogP contribution in [-0.4, -0.2) is 41.8 Å². The van der Waals surface area contributed by atoms with E-state index in [1.165, 1.54) is 0 Å². The average Bonchev–Trinajstić information content (AvgIpc) is 2.97. The Balaban J connectivity index is 2.25. The summed E-state index contributed by atoms with van der Waals surface area (Å²) in [5, 5.41) is 4.27. The molecule has 23 heavy (non-hydrogen) atoms. The lowest BCUT2D eigenvalue weighted by molar-refractivity contribution is 0.576. The Morgan fingerprint density at radius 2 is 1.96 bits per heavy atom. The first-order valence-electron chi connectivity index (χ1n) is 7.40. The van der Waals surface area contributed by atoms with Gasteiger partial charge in [-0.25, -0.2) is 18.1 Å². The van der Waals surface area contributed by atoms with Gasteiger partial charge >= 0.3 is 0 Å². The lowest BCUT2D eigenvalue weighted by atomic mass is 10.4. The normalized spacial score (nSPS) is 11.9. The van der Waals surface area contributed by atoms with Crippen molar-refractivity contribution < 1.29 is 8.42 Å². The maximum Gasteiger partial charge on any atom is 0.244 e. The number of aromatic nitrogens is 4. The molecule has 0 aliphatic carbocycles. The van der Waals surface area contributed by atoms with Gasteiger partial charge in [-0.05, 0) is 20.8 Å². The summed E-state index contributed by atoms with van der Waals surface area (Å²) in [6.45, 7) is 6.22. The molecule has 2 heterocycles. The molecule has 0 atom stereocenters. The van der Waals surface area contributed by atoms with Gasteiger partial charge in [0.1, 0.15) is 4.90 Å². The molecule has 0 aliphatic heterocycles. The Morgan fingerprint density at radius 3 is 2.43 bits per heavy atom. The zero-order valence-electron chi connectivity index (χ0n) is 14.5. The fourth-order valence-electron chi connectivity index (χ4n) is 2.63. The molecule has 1 N–H and O–H groups in total. The second-order valence-corrected chi connectivity index (χ2v) is 7.35. The second-order valence-electron chi connectivity index (χ2n) is 5.64. The van der Waals surface area contributed by atoms with E-state index < -0.39 is 10.0 Å². The van der Waals surface area contributed by atoms with Crippen molar-refractivity contribution in [1.29, 1.82) is 0 Å². The van der Waals surface area contributed by atoms with E-state index in [1.807, 2.05) is 37.5 Å². The van der Waals surface area contributed by atoms with Crippen LogP contribution in [0.25, 0.3) is 0 Å². The molecular weight excluding hydrogens is 316 g/mol. The highest BCUT2D eigenvalue weighted by Gasteiger charge is 2.24. The maximum atomic E-state index is 12.6. The molecular formula is C14H24N6O2S. The first kappa shape index (κ1) is 17.5. The van der Waals surface area contributed by atoms with E-state index in [9.17, 15) is 8.42 Å². The summed E-state index contributed by atoms with van der Waals surface area (Å²) in [5.41, 5.74) is 1.95. The van der Waals surface area contributed by atoms with Crippen LogP contribution in [0.1, 0.15) is 24.0 Å². The molecule has 0 radical (unpaired) electrons. The molecule has 0 unspecified atom stereocenters. The maximum absolute atomic E-state index is 12.6. The molecule has 0 aliphatic rings. The number of rotatable bonds is 6. The zero-order valence-corrected chi connectivity index (χ0v) is 15.3. The smallest absolute Gasteiger partial charge is 0.244 e. The van der Waals surface area contributed by atoms with Crippen LogP contribution < -0.4 is 9.62 Å². The van der Waals surface area contributed by atoms with Crippen molar-refractivity contribution in [3.63, 3.8) is 0 Å². The molecule has 128 valence electrons. The summed E-state index contributed by atoms with van der Waals surface area (Å²) in [6, 6.07) is 0. The monoisotopic (exact) mass is 340 g/mol. The van der Waals surface area contributed by atoms with E-state index in [0.29, 0.717) is 17.9 Å². The van der Waals surface area contributed by atoms with Crippen molar-refractivity contribution in [2.24, 2.45) is 7.05 Å². The summed E-state index contributed by atoms with van der Waals surface area (Å²) >= 11 is 0. The van der Waals surface area contributed by atoms with Gasteiger partial charge < -0.3 is 9.47 Å². The fourth-order valence-corrected chi connectivity index (χ4v) is 4.04. The molecule has 0 bridgehead atoms. The van der Waals surface area contributed by atoms with Gasteiger partial charge in [-0.3, -0.25) is 4.68 Å². The fraction of sp³-hybridized carbons (Fsp3) is 0.571. The quantitative estimate of drug-likeness (QED) is 0.841. The Morgan fingerprint density at radius 1 is 1.30 bits per heavy atom. The molecule has 0 aromatic carbocycles. The van der Waals surface area contributed by atoms with E-state index in [0.717, 1.165) is 11.6 Å². The summed E-state index contributed by atoms with van der Waals surface area (Å²) in [7, 11) is 2.02. The van der Waals surface area contributed by atoms with Gasteiger partial charge in [-0.1, -0.05) is 0 Å². The highest BCUT2D eigenvalue weighted by molar-refractivity contribution is 7.89. The molecule has 0 saturated carbocycles. The van der Waals surface area contributed by atoms with E-state index >= 15 is 0 Å². The summed E-state index contributed by atoms with van der Waals surface area (Å²) in [6.07, 6.45) is 1.67. The summed E-state index contributed by atoms with van der Waals surface area (Å²) in [5.74, 6) is 0.769. The molecule has 8 nitrogen and oxygen atoms in total. The topological polar surface area (TPSA) is 85.0 Å². The Hall–Kier alpha value is -1.87. The molecule has 0 spiro atoms. The van der Waals surface area contributed by atoms with E-state index in [4.69, 9.17) is 0 Å². The van der Waals surface area contributed by atoms with Gasteiger partial charge in [0.15, 0.2) is 0 Å². The third kappa shape index (κ3) is 3.25. The van der Waals surface area contributed by atoms with Gasteiger partial charge in [-0.15, -0.1) is 0 Å². The predicted molar refractivity (Wildman–Crippen MR) is 88.9 cm³/mol. The van der Waals surface area contributed by atoms with E-state index in [2.05, 4.69) is 14.8 Å². The van der Waals surface area contributed by atoms with E-state index in [-0.39, 0.29) is 11.4 Å². The van der Waals surface area contributed by atoms with Crippen LogP contribution in [0, 0.1) is 13.8 Å². The molecule has 2 rings (SSSR count). The SMILES string of the molecule is CCn1nc(C)c(S(=O)(=O)NCc2cnc(N(C)C)n2C)c1C. The number of nitrogens with zero attached hydrogens (tertiary/aromatic N) is 5. The van der Waals surface area contributed by atoms with Crippen LogP contribution in [0.3, 0.4) is 0 Å². The minimum absolute atomic E-state index is 0.176. The van der Waals surface area contributed by atoms with Crippen molar-refractivity contribution in [2.75, 3.05) is 19.0 Å². The minimum atomic E-state index is -3.62. The van der Waals surface area contributed by atoms with E-state index in [1.54, 1.807) is 24.7 Å². The van der Waals surface area contributed by atoms with Crippen LogP contribution in [0.4, 0.5) is 5.95 Å². The van der Waals surface area contributed by atoms with Gasteiger partial charge in [0, 0.05) is 27.7 Å². The van der Waals surface area contributed by atoms with Crippen LogP contribution >= 0.6 is 0 Å². The number of hydrogen-bond donors (Lipinski definition) is 1. The Labute approximate surface area is 137 Å². The number of nitrogens with one attached hydrogen (secondary N) is 1. The van der Waals surface area contributed by atoms with Gasteiger partial charge in [0.2, 0.25) is 16.0 Å². The number of imidazole rings is 1. The van der Waals surface area contributed by atoms with Crippen LogP contribution in [0.2, 0.25) is 0 Å². The molecule has 2 aromatic heterocycles. The number of anilines is 1. The first-order valence-corrected chi connectivity index (χ1v) is 8.89. The third-order valence-corrected chi connectivity index (χ3v) is 5.44. The van der Waals surface area contributed by atoms with Crippen molar-refractivity contribution in [1.82, 2.24) is 24.1 Å². The van der Waals surface area contributed by atoms with Gasteiger partial charge in [0.05, 0.1) is 29.8 Å². The number of aryl methyl sites for hydroxylation is 2. The van der Waals surface area contributed by atoms with Crippen molar-refractivity contribution in [3.8, 4) is 0 Å². The lowest BCUT2D eigenvalue weighted by Crippen LogP contribution is -2.25. The molecule has 2 aromatic rings. The zero-order chi connectivity index (χ0) is 17.4. The average molecular weight is 340 g/mol. The Bertz CT molecular complexity index is 804. The van der Waals surface area contributed by atoms with Crippen molar-refractivity contribution in [2.45, 2.75) is 38.8 Å². The first-order chi connectivity index (χ1) is 10.7. The molecule has 9 heteroatoms. The number of hydrogen-bond acceptors (Lipinski definition) is 5. The standard InChI is InChI=1S/C14H24N6O2S/c1-7-20-11(3)13(10(2)17-20)23(21,22)16-9-12-8-15-14(18(4)5)19(12)6/h8,16H,7,9H2,1-6H3. The molecule has 0 saturated heterocycles. The number of sulfonamides is 1.